The van der Waals surface area contributed by atoms with Crippen LogP contribution in [0.4, 0.5) is 0 Å². The number of amides is 2. The Bertz CT molecular complexity index is 322. The van der Waals surface area contributed by atoms with Crippen molar-refractivity contribution >= 4 is 17.8 Å². The zero-order chi connectivity index (χ0) is 14.3. The van der Waals surface area contributed by atoms with Gasteiger partial charge in [0.2, 0.25) is 11.8 Å². The Morgan fingerprint density at radius 2 is 1.78 bits per heavy atom. The van der Waals surface area contributed by atoms with Crippen molar-refractivity contribution in [1.29, 1.82) is 0 Å². The van der Waals surface area contributed by atoms with Crippen LogP contribution >= 0.6 is 0 Å². The van der Waals surface area contributed by atoms with Gasteiger partial charge >= 0.3 is 5.97 Å². The summed E-state index contributed by atoms with van der Waals surface area (Å²) in [5, 5.41) is 13.9. The van der Waals surface area contributed by atoms with Crippen molar-refractivity contribution in [3.05, 3.63) is 0 Å². The largest absolute Gasteiger partial charge is 0.467 e. The first kappa shape index (κ1) is 16.4. The van der Waals surface area contributed by atoms with Gasteiger partial charge in [0.1, 0.15) is 0 Å². The van der Waals surface area contributed by atoms with E-state index in [4.69, 9.17) is 0 Å². The average Bonchev–Trinajstić information content (AvgIpc) is 2.30. The molecule has 104 valence electrons. The Morgan fingerprint density at radius 3 is 2.22 bits per heavy atom. The molecule has 0 heterocycles. The first-order valence-electron chi connectivity index (χ1n) is 5.49. The summed E-state index contributed by atoms with van der Waals surface area (Å²) in [4.78, 5) is 33.6. The van der Waals surface area contributed by atoms with Gasteiger partial charge in [0.05, 0.1) is 20.2 Å². The molecule has 7 heteroatoms. The lowest BCUT2D eigenvalue weighted by Crippen LogP contribution is -2.44. The highest BCUT2D eigenvalue weighted by atomic mass is 16.5. The SMILES string of the molecule is COC(=O)C(O)CNC(=O)CNC(=O)C(C)(C)C. The van der Waals surface area contributed by atoms with Crippen molar-refractivity contribution in [3.8, 4) is 0 Å². The number of carbonyl (C=O) groups is 3. The summed E-state index contributed by atoms with van der Waals surface area (Å²) in [7, 11) is 1.14. The fourth-order valence-electron chi connectivity index (χ4n) is 0.918. The van der Waals surface area contributed by atoms with E-state index in [1.807, 2.05) is 0 Å². The lowest BCUT2D eigenvalue weighted by molar-refractivity contribution is -0.150. The quantitative estimate of drug-likeness (QED) is 0.538. The van der Waals surface area contributed by atoms with E-state index in [0.717, 1.165) is 7.11 Å². The van der Waals surface area contributed by atoms with Crippen molar-refractivity contribution in [2.75, 3.05) is 20.2 Å². The molecule has 0 aliphatic rings. The predicted molar refractivity (Wildman–Crippen MR) is 63.5 cm³/mol. The maximum Gasteiger partial charge on any atom is 0.336 e. The molecule has 0 aromatic heterocycles. The summed E-state index contributed by atoms with van der Waals surface area (Å²) < 4.78 is 4.28. The summed E-state index contributed by atoms with van der Waals surface area (Å²) in [6.45, 7) is 4.71. The summed E-state index contributed by atoms with van der Waals surface area (Å²) in [6, 6.07) is 0. The third-order valence-corrected chi connectivity index (χ3v) is 2.06. The first-order valence-corrected chi connectivity index (χ1v) is 5.49. The minimum atomic E-state index is -1.41. The molecular formula is C11H20N2O5. The second kappa shape index (κ2) is 6.95. The number of hydrogen-bond donors (Lipinski definition) is 3. The van der Waals surface area contributed by atoms with Crippen molar-refractivity contribution in [1.82, 2.24) is 10.6 Å². The smallest absolute Gasteiger partial charge is 0.336 e. The van der Waals surface area contributed by atoms with Crippen LogP contribution in [0.25, 0.3) is 0 Å². The molecule has 2 amide bonds. The third-order valence-electron chi connectivity index (χ3n) is 2.06. The summed E-state index contributed by atoms with van der Waals surface area (Å²) >= 11 is 0. The number of carbonyl (C=O) groups excluding carboxylic acids is 3. The number of methoxy groups -OCH3 is 1. The number of esters is 1. The molecule has 0 saturated carbocycles. The van der Waals surface area contributed by atoms with Crippen molar-refractivity contribution in [2.45, 2.75) is 26.9 Å². The Morgan fingerprint density at radius 1 is 1.22 bits per heavy atom. The third kappa shape index (κ3) is 6.19. The van der Waals surface area contributed by atoms with Gasteiger partial charge in [-0.15, -0.1) is 0 Å². The zero-order valence-corrected chi connectivity index (χ0v) is 11.1. The Balaban J connectivity index is 3.93. The molecule has 0 fully saturated rings. The summed E-state index contributed by atoms with van der Waals surface area (Å²) in [5.41, 5.74) is -0.578. The molecule has 1 atom stereocenters. The van der Waals surface area contributed by atoms with E-state index >= 15 is 0 Å². The molecule has 0 aromatic carbocycles. The minimum absolute atomic E-state index is 0.204. The molecule has 0 saturated heterocycles. The number of ether oxygens (including phenoxy) is 1. The molecule has 0 aromatic rings. The molecule has 7 nitrogen and oxygen atoms in total. The maximum atomic E-state index is 11.4. The number of hydrogen-bond acceptors (Lipinski definition) is 5. The van der Waals surface area contributed by atoms with Crippen LogP contribution in [0.2, 0.25) is 0 Å². The average molecular weight is 260 g/mol. The fourth-order valence-corrected chi connectivity index (χ4v) is 0.918. The standard InChI is InChI=1S/C11H20N2O5/c1-11(2,3)10(17)13-6-8(15)12-5-7(14)9(16)18-4/h7,14H,5-6H2,1-4H3,(H,12,15)(H,13,17). The molecule has 0 aliphatic carbocycles. The molecule has 0 spiro atoms. The molecule has 0 aliphatic heterocycles. The van der Waals surface area contributed by atoms with Crippen molar-refractivity contribution in [2.24, 2.45) is 5.41 Å². The Labute approximate surface area is 106 Å². The van der Waals surface area contributed by atoms with Gasteiger partial charge in [-0.1, -0.05) is 20.8 Å². The van der Waals surface area contributed by atoms with E-state index in [-0.39, 0.29) is 19.0 Å². The van der Waals surface area contributed by atoms with Crippen LogP contribution in [0.5, 0.6) is 0 Å². The Kier molecular flexibility index (Phi) is 6.32. The molecule has 0 bridgehead atoms. The number of aliphatic hydroxyl groups is 1. The topological polar surface area (TPSA) is 105 Å². The molecule has 0 rings (SSSR count). The molecule has 18 heavy (non-hydrogen) atoms. The van der Waals surface area contributed by atoms with Crippen LogP contribution in [-0.2, 0) is 19.1 Å². The number of nitrogens with one attached hydrogen (secondary N) is 2. The molecular weight excluding hydrogens is 240 g/mol. The molecule has 3 N–H and O–H groups in total. The normalized spacial score (nSPS) is 12.5. The van der Waals surface area contributed by atoms with Gasteiger partial charge in [-0.25, -0.2) is 4.79 Å². The summed E-state index contributed by atoms with van der Waals surface area (Å²) in [6.07, 6.45) is -1.41. The highest BCUT2D eigenvalue weighted by Gasteiger charge is 2.22. The van der Waals surface area contributed by atoms with Crippen molar-refractivity contribution in [3.63, 3.8) is 0 Å². The van der Waals surface area contributed by atoms with E-state index in [0.29, 0.717) is 0 Å². The van der Waals surface area contributed by atoms with Crippen LogP contribution in [-0.4, -0.2) is 49.2 Å². The number of aliphatic hydroxyl groups excluding tert-OH is 1. The monoisotopic (exact) mass is 260 g/mol. The van der Waals surface area contributed by atoms with Gasteiger partial charge < -0.3 is 20.5 Å². The number of rotatable bonds is 5. The highest BCUT2D eigenvalue weighted by Crippen LogP contribution is 2.11. The van der Waals surface area contributed by atoms with Crippen LogP contribution in [0, 0.1) is 5.41 Å². The van der Waals surface area contributed by atoms with Gasteiger partial charge in [-0.2, -0.15) is 0 Å². The lowest BCUT2D eigenvalue weighted by atomic mass is 9.96. The van der Waals surface area contributed by atoms with E-state index in [1.165, 1.54) is 0 Å². The fraction of sp³-hybridized carbons (Fsp3) is 0.727. The zero-order valence-electron chi connectivity index (χ0n) is 11.1. The summed E-state index contributed by atoms with van der Waals surface area (Å²) in [5.74, 6) is -1.57. The molecule has 0 radical (unpaired) electrons. The van der Waals surface area contributed by atoms with E-state index in [1.54, 1.807) is 20.8 Å². The van der Waals surface area contributed by atoms with Crippen LogP contribution in [0.15, 0.2) is 0 Å². The lowest BCUT2D eigenvalue weighted by Gasteiger charge is -2.17. The van der Waals surface area contributed by atoms with E-state index < -0.39 is 23.4 Å². The first-order chi connectivity index (χ1) is 8.18. The van der Waals surface area contributed by atoms with Gasteiger partial charge in [-0.3, -0.25) is 9.59 Å². The maximum absolute atomic E-state index is 11.4. The Hall–Kier alpha value is -1.63. The highest BCUT2D eigenvalue weighted by molar-refractivity contribution is 5.87. The van der Waals surface area contributed by atoms with Gasteiger partial charge in [-0.05, 0) is 0 Å². The van der Waals surface area contributed by atoms with Crippen LogP contribution < -0.4 is 10.6 Å². The molecule has 1 unspecified atom stereocenters. The van der Waals surface area contributed by atoms with Gasteiger partial charge in [0.15, 0.2) is 6.10 Å². The predicted octanol–water partition coefficient (Wildman–Crippen LogP) is -1.20. The van der Waals surface area contributed by atoms with Crippen LogP contribution in [0.1, 0.15) is 20.8 Å². The van der Waals surface area contributed by atoms with Crippen LogP contribution in [0.3, 0.4) is 0 Å². The van der Waals surface area contributed by atoms with Crippen molar-refractivity contribution < 1.29 is 24.2 Å². The van der Waals surface area contributed by atoms with E-state index in [2.05, 4.69) is 15.4 Å². The second-order valence-electron chi connectivity index (χ2n) is 4.78. The van der Waals surface area contributed by atoms with E-state index in [9.17, 15) is 19.5 Å². The minimum Gasteiger partial charge on any atom is -0.467 e. The second-order valence-corrected chi connectivity index (χ2v) is 4.78. The van der Waals surface area contributed by atoms with Gasteiger partial charge in [0.25, 0.3) is 0 Å². The van der Waals surface area contributed by atoms with Gasteiger partial charge in [0, 0.05) is 5.41 Å².